The summed E-state index contributed by atoms with van der Waals surface area (Å²) in [5, 5.41) is 15.8. The van der Waals surface area contributed by atoms with E-state index in [0.29, 0.717) is 25.8 Å². The van der Waals surface area contributed by atoms with Gasteiger partial charge >= 0.3 is 18.2 Å². The molecule has 2 atom stereocenters. The van der Waals surface area contributed by atoms with Crippen LogP contribution in [-0.4, -0.2) is 102 Å². The number of carbonyl (C=O) groups excluding carboxylic acids is 6. The number of hydrazine groups is 2. The van der Waals surface area contributed by atoms with Crippen LogP contribution in [0.3, 0.4) is 0 Å². The SMILES string of the molecule is CC[C@@H](/C=N/NC(=O)NCC1CCC(C(=O)NC)CC1)NC(=O)[C@@H]1CCCN2C(=O)CCN(NC(=O)OCC3c4ccccc4-c4ccccc43)C(=O)N12. The molecule has 5 N–H and O–H groups in total. The molecule has 288 valence electrons. The summed E-state index contributed by atoms with van der Waals surface area (Å²) >= 11 is 0. The first-order valence-electron chi connectivity index (χ1n) is 18.8. The molecule has 0 bridgehead atoms. The minimum absolute atomic E-state index is 0.0188. The van der Waals surface area contributed by atoms with Crippen molar-refractivity contribution in [3.63, 3.8) is 0 Å². The van der Waals surface area contributed by atoms with Crippen molar-refractivity contribution in [2.24, 2.45) is 16.9 Å². The minimum atomic E-state index is -1.03. The lowest BCUT2D eigenvalue weighted by Crippen LogP contribution is -2.64. The normalized spacial score (nSPS) is 21.7. The Kier molecular flexibility index (Phi) is 12.3. The highest BCUT2D eigenvalue weighted by atomic mass is 16.6. The van der Waals surface area contributed by atoms with Gasteiger partial charge in [0.15, 0.2) is 0 Å². The van der Waals surface area contributed by atoms with E-state index in [1.54, 1.807) is 7.05 Å². The zero-order valence-electron chi connectivity index (χ0n) is 30.7. The van der Waals surface area contributed by atoms with Gasteiger partial charge in [0.1, 0.15) is 12.6 Å². The van der Waals surface area contributed by atoms with Gasteiger partial charge in [0.2, 0.25) is 17.7 Å². The molecule has 0 radical (unpaired) electrons. The molecule has 3 fully saturated rings. The first-order chi connectivity index (χ1) is 26.2. The Labute approximate surface area is 314 Å². The second kappa shape index (κ2) is 17.4. The van der Waals surface area contributed by atoms with E-state index in [2.05, 4.69) is 31.9 Å². The lowest BCUT2D eigenvalue weighted by Gasteiger charge is -2.42. The molecule has 2 aromatic carbocycles. The fourth-order valence-corrected chi connectivity index (χ4v) is 7.78. The van der Waals surface area contributed by atoms with Crippen molar-refractivity contribution in [2.75, 3.05) is 33.3 Å². The van der Waals surface area contributed by atoms with Crippen LogP contribution in [-0.2, 0) is 19.1 Å². The lowest BCUT2D eigenvalue weighted by atomic mass is 9.81. The summed E-state index contributed by atoms with van der Waals surface area (Å²) in [5.74, 6) is -0.673. The van der Waals surface area contributed by atoms with Gasteiger partial charge in [-0.25, -0.2) is 40.3 Å². The molecule has 2 heterocycles. The van der Waals surface area contributed by atoms with Gasteiger partial charge in [0, 0.05) is 44.6 Å². The van der Waals surface area contributed by atoms with E-state index in [9.17, 15) is 28.8 Å². The van der Waals surface area contributed by atoms with Crippen molar-refractivity contribution in [1.82, 2.24) is 41.8 Å². The largest absolute Gasteiger partial charge is 0.447 e. The standard InChI is InChI=1S/C38H49N9O7/c1-3-26(22-41-43-36(51)40-21-24-14-16-25(17-15-24)34(49)39-2)42-35(50)32-13-8-19-46-33(48)18-20-45(38(53)47(32)46)44-37(52)54-23-31-29-11-6-4-9-27(29)28-10-5-7-12-30(28)31/h4-7,9-12,22,24-26,31-32H,3,8,13-21,23H2,1-2H3,(H,39,49)(H,42,50)(H,44,52)(H2,40,43,51)/b41-22+/t24?,25?,26-,32-/m0/s1. The third-order valence-corrected chi connectivity index (χ3v) is 10.7. The van der Waals surface area contributed by atoms with Gasteiger partial charge in [-0.2, -0.15) is 5.10 Å². The zero-order chi connectivity index (χ0) is 38.2. The van der Waals surface area contributed by atoms with Gasteiger partial charge in [-0.05, 0) is 73.1 Å². The summed E-state index contributed by atoms with van der Waals surface area (Å²) in [6.07, 6.45) is 4.98. The van der Waals surface area contributed by atoms with Gasteiger partial charge in [-0.1, -0.05) is 55.5 Å². The van der Waals surface area contributed by atoms with Crippen molar-refractivity contribution in [2.45, 2.75) is 76.3 Å². The maximum Gasteiger partial charge on any atom is 0.426 e. The summed E-state index contributed by atoms with van der Waals surface area (Å²) in [7, 11) is 1.64. The Morgan fingerprint density at radius 3 is 2.28 bits per heavy atom. The second-order valence-corrected chi connectivity index (χ2v) is 14.1. The van der Waals surface area contributed by atoms with Crippen LogP contribution in [0.15, 0.2) is 53.6 Å². The maximum atomic E-state index is 13.9. The molecule has 2 aliphatic heterocycles. The van der Waals surface area contributed by atoms with Gasteiger partial charge in [-0.15, -0.1) is 0 Å². The number of hydrogen-bond acceptors (Lipinski definition) is 8. The summed E-state index contributed by atoms with van der Waals surface area (Å²) < 4.78 is 5.65. The van der Waals surface area contributed by atoms with Crippen LogP contribution in [0.1, 0.15) is 75.3 Å². The molecule has 4 aliphatic rings. The summed E-state index contributed by atoms with van der Waals surface area (Å²) in [5.41, 5.74) is 9.20. The van der Waals surface area contributed by atoms with Crippen LogP contribution in [0.2, 0.25) is 0 Å². The zero-order valence-corrected chi connectivity index (χ0v) is 30.7. The fraction of sp³-hybridized carbons (Fsp3) is 0.500. The molecular weight excluding hydrogens is 694 g/mol. The molecule has 6 rings (SSSR count). The lowest BCUT2D eigenvalue weighted by molar-refractivity contribution is -0.155. The minimum Gasteiger partial charge on any atom is -0.447 e. The smallest absolute Gasteiger partial charge is 0.426 e. The van der Waals surface area contributed by atoms with Gasteiger partial charge in [0.05, 0.1) is 12.6 Å². The molecule has 16 nitrogen and oxygen atoms in total. The predicted octanol–water partition coefficient (Wildman–Crippen LogP) is 3.21. The van der Waals surface area contributed by atoms with Crippen LogP contribution >= 0.6 is 0 Å². The number of nitrogens with one attached hydrogen (secondary N) is 5. The third kappa shape index (κ3) is 8.58. The number of fused-ring (bicyclic) bond motifs is 4. The Hall–Kier alpha value is -5.67. The summed E-state index contributed by atoms with van der Waals surface area (Å²) in [6.45, 7) is 2.49. The number of hydrogen-bond donors (Lipinski definition) is 5. The van der Waals surface area contributed by atoms with E-state index in [0.717, 1.165) is 58.0 Å². The number of rotatable bonds is 11. The molecule has 0 spiro atoms. The van der Waals surface area contributed by atoms with E-state index in [1.807, 2.05) is 55.5 Å². The summed E-state index contributed by atoms with van der Waals surface area (Å²) in [6, 6.07) is 13.1. The number of nitrogens with zero attached hydrogens (tertiary/aromatic N) is 4. The second-order valence-electron chi connectivity index (χ2n) is 14.1. The molecule has 8 amide bonds. The van der Waals surface area contributed by atoms with Crippen LogP contribution in [0.4, 0.5) is 14.4 Å². The monoisotopic (exact) mass is 743 g/mol. The Morgan fingerprint density at radius 1 is 0.926 bits per heavy atom. The first kappa shape index (κ1) is 38.1. The highest BCUT2D eigenvalue weighted by Crippen LogP contribution is 2.44. The molecule has 2 aliphatic carbocycles. The van der Waals surface area contributed by atoms with Gasteiger partial charge in [-0.3, -0.25) is 14.4 Å². The number of benzene rings is 2. The predicted molar refractivity (Wildman–Crippen MR) is 198 cm³/mol. The average Bonchev–Trinajstić information content (AvgIpc) is 3.46. The van der Waals surface area contributed by atoms with Crippen molar-refractivity contribution in [3.8, 4) is 11.1 Å². The number of ether oxygens (including phenoxy) is 1. The molecule has 16 heteroatoms. The summed E-state index contributed by atoms with van der Waals surface area (Å²) in [4.78, 5) is 78.1. The molecule has 2 aromatic rings. The van der Waals surface area contributed by atoms with Gasteiger partial charge in [0.25, 0.3) is 0 Å². The van der Waals surface area contributed by atoms with E-state index in [-0.39, 0.29) is 55.7 Å². The molecule has 0 aromatic heterocycles. The van der Waals surface area contributed by atoms with E-state index in [4.69, 9.17) is 4.74 Å². The Morgan fingerprint density at radius 2 is 1.61 bits per heavy atom. The molecule has 0 unspecified atom stereocenters. The maximum absolute atomic E-state index is 13.9. The van der Waals surface area contributed by atoms with Crippen molar-refractivity contribution in [3.05, 3.63) is 59.7 Å². The van der Waals surface area contributed by atoms with Crippen molar-refractivity contribution < 1.29 is 33.5 Å². The van der Waals surface area contributed by atoms with Crippen LogP contribution < -0.4 is 26.8 Å². The number of urea groups is 2. The Bertz CT molecular complexity index is 1720. The molecule has 54 heavy (non-hydrogen) atoms. The highest BCUT2D eigenvalue weighted by molar-refractivity contribution is 5.92. The fourth-order valence-electron chi connectivity index (χ4n) is 7.78. The van der Waals surface area contributed by atoms with Gasteiger partial charge < -0.3 is 20.7 Å². The first-order valence-corrected chi connectivity index (χ1v) is 18.8. The molecule has 2 saturated heterocycles. The average molecular weight is 744 g/mol. The highest BCUT2D eigenvalue weighted by Gasteiger charge is 2.44. The quantitative estimate of drug-likeness (QED) is 0.172. The van der Waals surface area contributed by atoms with Crippen molar-refractivity contribution in [1.29, 1.82) is 0 Å². The number of carbonyl (C=O) groups is 6. The third-order valence-electron chi connectivity index (χ3n) is 10.7. The van der Waals surface area contributed by atoms with Crippen LogP contribution in [0.5, 0.6) is 0 Å². The number of hydrazone groups is 1. The van der Waals surface area contributed by atoms with Crippen molar-refractivity contribution >= 4 is 42.1 Å². The molecule has 1 saturated carbocycles. The van der Waals surface area contributed by atoms with E-state index >= 15 is 0 Å². The van der Waals surface area contributed by atoms with E-state index < -0.39 is 36.1 Å². The van der Waals surface area contributed by atoms with Crippen LogP contribution in [0, 0.1) is 11.8 Å². The molecular formula is C38H49N9O7. The van der Waals surface area contributed by atoms with Crippen LogP contribution in [0.25, 0.3) is 11.1 Å². The van der Waals surface area contributed by atoms with E-state index in [1.165, 1.54) is 11.2 Å². The topological polar surface area (TPSA) is 194 Å². The Balaban J connectivity index is 1.01. The number of amides is 8.